The standard InChI is InChI=1S/C12H13BrN2O3/c1-3-18-11(16)10(15-14)12(2,17)8-6-4-5-7-9(8)13/h4-7,17H,3H2,1-2H3. The summed E-state index contributed by atoms with van der Waals surface area (Å²) in [6.45, 7) is 3.11. The van der Waals surface area contributed by atoms with E-state index in [2.05, 4.69) is 20.7 Å². The second-order valence-corrected chi connectivity index (χ2v) is 4.58. The lowest BCUT2D eigenvalue weighted by molar-refractivity contribution is -0.143. The van der Waals surface area contributed by atoms with Gasteiger partial charge >= 0.3 is 11.7 Å². The van der Waals surface area contributed by atoms with E-state index in [1.165, 1.54) is 6.92 Å². The molecule has 1 atom stereocenters. The van der Waals surface area contributed by atoms with Crippen LogP contribution in [0, 0.1) is 0 Å². The van der Waals surface area contributed by atoms with Gasteiger partial charge < -0.3 is 15.4 Å². The van der Waals surface area contributed by atoms with Crippen LogP contribution in [0.3, 0.4) is 0 Å². The Morgan fingerprint density at radius 1 is 1.56 bits per heavy atom. The van der Waals surface area contributed by atoms with Crippen molar-refractivity contribution in [1.82, 2.24) is 0 Å². The summed E-state index contributed by atoms with van der Waals surface area (Å²) in [5.41, 5.74) is 7.12. The average Bonchev–Trinajstić information content (AvgIpc) is 2.30. The maximum Gasteiger partial charge on any atom is 0.420 e. The van der Waals surface area contributed by atoms with Crippen LogP contribution in [0.4, 0.5) is 0 Å². The molecule has 0 aliphatic heterocycles. The first-order valence-electron chi connectivity index (χ1n) is 5.32. The van der Waals surface area contributed by atoms with E-state index in [-0.39, 0.29) is 6.61 Å². The highest BCUT2D eigenvalue weighted by Crippen LogP contribution is 2.29. The number of hydrogen-bond acceptors (Lipinski definition) is 3. The third-order valence-corrected chi connectivity index (χ3v) is 3.12. The maximum atomic E-state index is 11.6. The lowest BCUT2D eigenvalue weighted by atomic mass is 9.91. The number of benzene rings is 1. The second-order valence-electron chi connectivity index (χ2n) is 3.72. The van der Waals surface area contributed by atoms with Crippen LogP contribution < -0.4 is 0 Å². The zero-order valence-corrected chi connectivity index (χ0v) is 11.6. The summed E-state index contributed by atoms with van der Waals surface area (Å²) in [4.78, 5) is 14.5. The molecule has 0 saturated carbocycles. The van der Waals surface area contributed by atoms with Crippen LogP contribution in [0.1, 0.15) is 19.4 Å². The summed E-state index contributed by atoms with van der Waals surface area (Å²) in [7, 11) is 0. The molecule has 0 spiro atoms. The Kier molecular flexibility index (Phi) is 4.78. The number of hydrogen-bond donors (Lipinski definition) is 1. The van der Waals surface area contributed by atoms with Gasteiger partial charge in [-0.05, 0) is 19.9 Å². The van der Waals surface area contributed by atoms with Gasteiger partial charge in [0.25, 0.3) is 0 Å². The van der Waals surface area contributed by atoms with Crippen LogP contribution in [0.5, 0.6) is 0 Å². The van der Waals surface area contributed by atoms with Crippen LogP contribution in [0.2, 0.25) is 0 Å². The minimum Gasteiger partial charge on any atom is -0.457 e. The molecule has 0 aliphatic rings. The van der Waals surface area contributed by atoms with Crippen molar-refractivity contribution in [2.45, 2.75) is 19.4 Å². The van der Waals surface area contributed by atoms with Gasteiger partial charge in [-0.2, -0.15) is 4.79 Å². The zero-order chi connectivity index (χ0) is 13.8. The molecule has 1 rings (SSSR count). The van der Waals surface area contributed by atoms with Crippen molar-refractivity contribution in [1.29, 1.82) is 0 Å². The number of carbonyl (C=O) groups is 1. The average molecular weight is 313 g/mol. The number of carbonyl (C=O) groups excluding carboxylic acids is 1. The Hall–Kier alpha value is -1.49. The van der Waals surface area contributed by atoms with Gasteiger partial charge in [0.05, 0.1) is 6.61 Å². The van der Waals surface area contributed by atoms with Crippen LogP contribution in [0.25, 0.3) is 5.53 Å². The van der Waals surface area contributed by atoms with E-state index in [4.69, 9.17) is 10.3 Å². The summed E-state index contributed by atoms with van der Waals surface area (Å²) < 4.78 is 5.34. The molecule has 0 aliphatic carbocycles. The number of ether oxygens (including phenoxy) is 1. The topological polar surface area (TPSA) is 82.9 Å². The Balaban J connectivity index is 3.24. The third kappa shape index (κ3) is 2.85. The summed E-state index contributed by atoms with van der Waals surface area (Å²) in [6.07, 6.45) is 0. The van der Waals surface area contributed by atoms with Crippen molar-refractivity contribution in [3.8, 4) is 0 Å². The predicted molar refractivity (Wildman–Crippen MR) is 69.0 cm³/mol. The van der Waals surface area contributed by atoms with E-state index in [1.54, 1.807) is 31.2 Å². The minimum absolute atomic E-state index is 0.129. The van der Waals surface area contributed by atoms with E-state index < -0.39 is 17.3 Å². The normalized spacial score (nSPS) is 13.3. The first-order chi connectivity index (χ1) is 8.45. The fraction of sp³-hybridized carbons (Fsp3) is 0.333. The van der Waals surface area contributed by atoms with Crippen molar-refractivity contribution < 1.29 is 19.4 Å². The molecular weight excluding hydrogens is 300 g/mol. The summed E-state index contributed by atoms with van der Waals surface area (Å²) in [6, 6.07) is 6.80. The molecule has 96 valence electrons. The molecule has 0 bridgehead atoms. The molecule has 1 N–H and O–H groups in total. The lowest BCUT2D eigenvalue weighted by Gasteiger charge is -2.19. The van der Waals surface area contributed by atoms with Crippen molar-refractivity contribution in [2.24, 2.45) is 0 Å². The molecule has 18 heavy (non-hydrogen) atoms. The molecule has 1 unspecified atom stereocenters. The molecule has 1 aromatic rings. The molecule has 6 heteroatoms. The number of nitrogens with zero attached hydrogens (tertiary/aromatic N) is 2. The number of aliphatic hydroxyl groups is 1. The van der Waals surface area contributed by atoms with Gasteiger partial charge in [0.15, 0.2) is 5.60 Å². The smallest absolute Gasteiger partial charge is 0.420 e. The Morgan fingerprint density at radius 2 is 2.17 bits per heavy atom. The monoisotopic (exact) mass is 312 g/mol. The van der Waals surface area contributed by atoms with Crippen LogP contribution in [0.15, 0.2) is 28.7 Å². The van der Waals surface area contributed by atoms with Gasteiger partial charge in [-0.1, -0.05) is 34.1 Å². The van der Waals surface area contributed by atoms with Gasteiger partial charge in [0, 0.05) is 10.0 Å². The van der Waals surface area contributed by atoms with Crippen molar-refractivity contribution >= 4 is 27.6 Å². The van der Waals surface area contributed by atoms with Crippen molar-refractivity contribution in [3.63, 3.8) is 0 Å². The van der Waals surface area contributed by atoms with Gasteiger partial charge in [-0.15, -0.1) is 0 Å². The van der Waals surface area contributed by atoms with E-state index in [0.29, 0.717) is 10.0 Å². The fourth-order valence-electron chi connectivity index (χ4n) is 1.52. The quantitative estimate of drug-likeness (QED) is 0.399. The summed E-state index contributed by atoms with van der Waals surface area (Å²) in [5, 5.41) is 10.4. The van der Waals surface area contributed by atoms with Gasteiger partial charge in [-0.25, -0.2) is 4.79 Å². The molecule has 0 saturated heterocycles. The lowest BCUT2D eigenvalue weighted by Crippen LogP contribution is -2.40. The molecule has 0 radical (unpaired) electrons. The van der Waals surface area contributed by atoms with Crippen LogP contribution in [-0.4, -0.2) is 28.2 Å². The predicted octanol–water partition coefficient (Wildman–Crippen LogP) is 1.89. The highest BCUT2D eigenvalue weighted by atomic mass is 79.9. The highest BCUT2D eigenvalue weighted by Gasteiger charge is 2.45. The number of esters is 1. The molecule has 0 aromatic heterocycles. The van der Waals surface area contributed by atoms with E-state index in [1.807, 2.05) is 0 Å². The molecule has 0 heterocycles. The number of rotatable bonds is 4. The van der Waals surface area contributed by atoms with E-state index in [0.717, 1.165) is 0 Å². The SMILES string of the molecule is CCOC(=O)C(=[N+]=[N-])C(C)(O)c1ccccc1Br. The molecule has 5 nitrogen and oxygen atoms in total. The Bertz CT molecular complexity index is 508. The molecular formula is C12H13BrN2O3. The number of halogens is 1. The Labute approximate surface area is 113 Å². The fourth-order valence-corrected chi connectivity index (χ4v) is 2.19. The second kappa shape index (κ2) is 5.91. The first kappa shape index (κ1) is 14.6. The van der Waals surface area contributed by atoms with Crippen molar-refractivity contribution in [3.05, 3.63) is 39.8 Å². The van der Waals surface area contributed by atoms with Crippen LogP contribution >= 0.6 is 15.9 Å². The zero-order valence-electron chi connectivity index (χ0n) is 10.1. The third-order valence-electron chi connectivity index (χ3n) is 2.43. The van der Waals surface area contributed by atoms with E-state index in [9.17, 15) is 9.90 Å². The van der Waals surface area contributed by atoms with Gasteiger partial charge in [-0.3, -0.25) is 0 Å². The summed E-state index contributed by atoms with van der Waals surface area (Å²) in [5.74, 6) is -0.860. The minimum atomic E-state index is -1.75. The largest absolute Gasteiger partial charge is 0.457 e. The van der Waals surface area contributed by atoms with E-state index >= 15 is 0 Å². The molecule has 0 fully saturated rings. The van der Waals surface area contributed by atoms with Crippen molar-refractivity contribution in [2.75, 3.05) is 6.61 Å². The van der Waals surface area contributed by atoms with Crippen LogP contribution in [-0.2, 0) is 15.1 Å². The Morgan fingerprint density at radius 3 is 2.67 bits per heavy atom. The highest BCUT2D eigenvalue weighted by molar-refractivity contribution is 9.10. The van der Waals surface area contributed by atoms with Gasteiger partial charge in [0.2, 0.25) is 0 Å². The molecule has 1 aromatic carbocycles. The summed E-state index contributed by atoms with van der Waals surface area (Å²) >= 11 is 3.27. The first-order valence-corrected chi connectivity index (χ1v) is 6.11. The van der Waals surface area contributed by atoms with Gasteiger partial charge in [0.1, 0.15) is 0 Å². The maximum absolute atomic E-state index is 11.6. The molecule has 0 amide bonds.